The minimum Gasteiger partial charge on any atom is -0.502 e. The number of aliphatic hydroxyl groups excluding tert-OH is 1. The lowest BCUT2D eigenvalue weighted by atomic mass is 9.98. The molecule has 17 heavy (non-hydrogen) atoms. The van der Waals surface area contributed by atoms with E-state index >= 15 is 0 Å². The fourth-order valence-electron chi connectivity index (χ4n) is 2.20. The first-order valence-electron chi connectivity index (χ1n) is 6.83. The van der Waals surface area contributed by atoms with Crippen LogP contribution in [0.2, 0.25) is 0 Å². The molecular formula is C14H24O3. The van der Waals surface area contributed by atoms with Crippen LogP contribution in [-0.4, -0.2) is 17.2 Å². The Labute approximate surface area is 104 Å². The molecule has 1 atom stereocenters. The average Bonchev–Trinajstić information content (AvgIpc) is 2.57. The first-order chi connectivity index (χ1) is 8.20. The molecule has 1 aliphatic heterocycles. The molecule has 0 aromatic rings. The van der Waals surface area contributed by atoms with Crippen molar-refractivity contribution in [1.82, 2.24) is 0 Å². The highest BCUT2D eigenvalue weighted by Crippen LogP contribution is 2.29. The summed E-state index contributed by atoms with van der Waals surface area (Å²) in [4.78, 5) is 11.3. The number of rotatable bonds is 8. The highest BCUT2D eigenvalue weighted by atomic mass is 16.6. The molecule has 0 saturated carbocycles. The maximum atomic E-state index is 11.3. The predicted molar refractivity (Wildman–Crippen MR) is 67.8 cm³/mol. The Hall–Kier alpha value is -0.990. The smallest absolute Gasteiger partial charge is 0.374 e. The third-order valence-corrected chi connectivity index (χ3v) is 3.26. The summed E-state index contributed by atoms with van der Waals surface area (Å²) in [5.41, 5.74) is 0.833. The van der Waals surface area contributed by atoms with Gasteiger partial charge in [0.1, 0.15) is 6.10 Å². The van der Waals surface area contributed by atoms with Gasteiger partial charge in [0.2, 0.25) is 5.76 Å². The maximum Gasteiger partial charge on any atom is 0.374 e. The molecule has 98 valence electrons. The van der Waals surface area contributed by atoms with E-state index in [9.17, 15) is 9.90 Å². The summed E-state index contributed by atoms with van der Waals surface area (Å²) in [5, 5.41) is 9.69. The number of hydrogen-bond acceptors (Lipinski definition) is 3. The molecule has 0 fully saturated rings. The van der Waals surface area contributed by atoms with E-state index < -0.39 is 5.97 Å². The van der Waals surface area contributed by atoms with E-state index in [1.165, 1.54) is 0 Å². The number of esters is 1. The van der Waals surface area contributed by atoms with Crippen LogP contribution >= 0.6 is 0 Å². The number of cyclic esters (lactones) is 1. The third kappa shape index (κ3) is 4.06. The molecule has 0 radical (unpaired) electrons. The highest BCUT2D eigenvalue weighted by Gasteiger charge is 2.32. The first kappa shape index (κ1) is 14.1. The number of ether oxygens (including phenoxy) is 1. The average molecular weight is 240 g/mol. The zero-order chi connectivity index (χ0) is 12.7. The second kappa shape index (κ2) is 7.36. The first-order valence-corrected chi connectivity index (χ1v) is 6.83. The molecule has 0 aromatic heterocycles. The van der Waals surface area contributed by atoms with Crippen LogP contribution in [0.3, 0.4) is 0 Å². The van der Waals surface area contributed by atoms with Gasteiger partial charge in [0, 0.05) is 5.57 Å². The molecule has 0 aromatic carbocycles. The quantitative estimate of drug-likeness (QED) is 0.517. The standard InChI is InChI=1S/C14H24O3/c1-3-5-7-9-11-12(10-8-6-4-2)17-14(16)13(11)15/h12,15H,3-10H2,1-2H3. The van der Waals surface area contributed by atoms with E-state index in [-0.39, 0.29) is 11.9 Å². The fraction of sp³-hybridized carbons (Fsp3) is 0.786. The van der Waals surface area contributed by atoms with Crippen LogP contribution < -0.4 is 0 Å². The van der Waals surface area contributed by atoms with Gasteiger partial charge in [0.05, 0.1) is 0 Å². The highest BCUT2D eigenvalue weighted by molar-refractivity contribution is 5.89. The van der Waals surface area contributed by atoms with Crippen molar-refractivity contribution in [2.24, 2.45) is 0 Å². The molecule has 0 aliphatic carbocycles. The number of carbonyl (C=O) groups excluding carboxylic acids is 1. The van der Waals surface area contributed by atoms with Crippen LogP contribution in [0.5, 0.6) is 0 Å². The van der Waals surface area contributed by atoms with Crippen LogP contribution in [0.4, 0.5) is 0 Å². The number of hydrogen-bond donors (Lipinski definition) is 1. The third-order valence-electron chi connectivity index (χ3n) is 3.26. The van der Waals surface area contributed by atoms with E-state index in [2.05, 4.69) is 13.8 Å². The van der Waals surface area contributed by atoms with E-state index in [0.29, 0.717) is 0 Å². The summed E-state index contributed by atoms with van der Waals surface area (Å²) in [6.07, 6.45) is 8.14. The number of unbranched alkanes of at least 4 members (excludes halogenated alkanes) is 4. The maximum absolute atomic E-state index is 11.3. The lowest BCUT2D eigenvalue weighted by Gasteiger charge is -2.13. The summed E-state index contributed by atoms with van der Waals surface area (Å²) in [6, 6.07) is 0. The van der Waals surface area contributed by atoms with E-state index in [0.717, 1.165) is 56.9 Å². The molecule has 0 bridgehead atoms. The minimum atomic E-state index is -0.530. The summed E-state index contributed by atoms with van der Waals surface area (Å²) in [6.45, 7) is 4.29. The minimum absolute atomic E-state index is 0.123. The van der Waals surface area contributed by atoms with Crippen LogP contribution in [0.1, 0.15) is 65.2 Å². The molecule has 3 heteroatoms. The van der Waals surface area contributed by atoms with Gasteiger partial charge in [-0.3, -0.25) is 0 Å². The van der Waals surface area contributed by atoms with Crippen molar-refractivity contribution in [1.29, 1.82) is 0 Å². The van der Waals surface area contributed by atoms with Crippen LogP contribution in [0, 0.1) is 0 Å². The Morgan fingerprint density at radius 3 is 2.41 bits per heavy atom. The Morgan fingerprint density at radius 2 is 1.76 bits per heavy atom. The second-order valence-electron chi connectivity index (χ2n) is 4.72. The normalized spacial score (nSPS) is 19.9. The van der Waals surface area contributed by atoms with Crippen molar-refractivity contribution in [3.8, 4) is 0 Å². The molecule has 1 N–H and O–H groups in total. The molecule has 1 heterocycles. The van der Waals surface area contributed by atoms with Crippen LogP contribution in [0.25, 0.3) is 0 Å². The molecule has 3 nitrogen and oxygen atoms in total. The topological polar surface area (TPSA) is 46.5 Å². The predicted octanol–water partition coefficient (Wildman–Crippen LogP) is 3.88. The lowest BCUT2D eigenvalue weighted by molar-refractivity contribution is -0.142. The monoisotopic (exact) mass is 240 g/mol. The van der Waals surface area contributed by atoms with Crippen LogP contribution in [0.15, 0.2) is 11.3 Å². The Bertz CT molecular complexity index is 281. The SMILES string of the molecule is CCCCCC1=C(O)C(=O)OC1CCCCC. The largest absolute Gasteiger partial charge is 0.502 e. The van der Waals surface area contributed by atoms with Gasteiger partial charge in [-0.25, -0.2) is 4.79 Å². The Balaban J connectivity index is 2.49. The summed E-state index contributed by atoms with van der Waals surface area (Å²) >= 11 is 0. The van der Waals surface area contributed by atoms with Gasteiger partial charge in [-0.05, 0) is 25.7 Å². The molecule has 0 saturated heterocycles. The van der Waals surface area contributed by atoms with Crippen molar-refractivity contribution >= 4 is 5.97 Å². The lowest BCUT2D eigenvalue weighted by Crippen LogP contribution is -2.11. The number of aliphatic hydroxyl groups is 1. The van der Waals surface area contributed by atoms with Crippen molar-refractivity contribution < 1.29 is 14.6 Å². The van der Waals surface area contributed by atoms with Gasteiger partial charge in [-0.1, -0.05) is 39.5 Å². The van der Waals surface area contributed by atoms with E-state index in [4.69, 9.17) is 4.74 Å². The Morgan fingerprint density at radius 1 is 1.12 bits per heavy atom. The molecule has 1 aliphatic rings. The van der Waals surface area contributed by atoms with Gasteiger partial charge < -0.3 is 9.84 Å². The number of carbonyl (C=O) groups is 1. The van der Waals surface area contributed by atoms with Gasteiger partial charge >= 0.3 is 5.97 Å². The molecular weight excluding hydrogens is 216 g/mol. The molecule has 1 unspecified atom stereocenters. The van der Waals surface area contributed by atoms with E-state index in [1.807, 2.05) is 0 Å². The van der Waals surface area contributed by atoms with Crippen molar-refractivity contribution in [2.75, 3.05) is 0 Å². The fourth-order valence-corrected chi connectivity index (χ4v) is 2.20. The molecule has 0 spiro atoms. The van der Waals surface area contributed by atoms with Crippen molar-refractivity contribution in [3.05, 3.63) is 11.3 Å². The Kier molecular flexibility index (Phi) is 6.09. The summed E-state index contributed by atoms with van der Waals surface area (Å²) in [7, 11) is 0. The molecule has 0 amide bonds. The summed E-state index contributed by atoms with van der Waals surface area (Å²) < 4.78 is 5.20. The zero-order valence-corrected chi connectivity index (χ0v) is 11.0. The van der Waals surface area contributed by atoms with Crippen molar-refractivity contribution in [3.63, 3.8) is 0 Å². The van der Waals surface area contributed by atoms with Gasteiger partial charge in [-0.15, -0.1) is 0 Å². The molecule has 1 rings (SSSR count). The van der Waals surface area contributed by atoms with E-state index in [1.54, 1.807) is 0 Å². The zero-order valence-electron chi connectivity index (χ0n) is 11.0. The van der Waals surface area contributed by atoms with Gasteiger partial charge in [-0.2, -0.15) is 0 Å². The van der Waals surface area contributed by atoms with Gasteiger partial charge in [0.25, 0.3) is 0 Å². The van der Waals surface area contributed by atoms with Gasteiger partial charge in [0.15, 0.2) is 0 Å². The van der Waals surface area contributed by atoms with Crippen molar-refractivity contribution in [2.45, 2.75) is 71.3 Å². The van der Waals surface area contributed by atoms with Crippen LogP contribution in [-0.2, 0) is 9.53 Å². The second-order valence-corrected chi connectivity index (χ2v) is 4.72. The summed E-state index contributed by atoms with van der Waals surface area (Å²) in [5.74, 6) is -0.652.